The van der Waals surface area contributed by atoms with E-state index < -0.39 is 0 Å². The van der Waals surface area contributed by atoms with Crippen LogP contribution in [0.2, 0.25) is 0 Å². The maximum atomic E-state index is 13.0. The van der Waals surface area contributed by atoms with E-state index in [2.05, 4.69) is 4.90 Å². The van der Waals surface area contributed by atoms with Gasteiger partial charge in [0.25, 0.3) is 5.91 Å². The summed E-state index contributed by atoms with van der Waals surface area (Å²) in [6, 6.07) is 9.32. The van der Waals surface area contributed by atoms with Crippen molar-refractivity contribution in [2.45, 2.75) is 6.54 Å². The highest BCUT2D eigenvalue weighted by Crippen LogP contribution is 2.38. The fourth-order valence-electron chi connectivity index (χ4n) is 3.95. The minimum atomic E-state index is 0. The standard InChI is InChI=1S/C23H28N2O6.ClH/c1-27-20-12-16(13-21(28-2)22(20)29-3)15-24-6-8-25(9-7-24)23(26)17-4-5-18-19(14-17)31-11-10-30-18;/h4-5,12-14H,6-11,15H2,1-3H3;1H. The van der Waals surface area contributed by atoms with Crippen LogP contribution in [-0.2, 0) is 6.54 Å². The highest BCUT2D eigenvalue weighted by molar-refractivity contribution is 5.95. The van der Waals surface area contributed by atoms with Crippen LogP contribution in [0.4, 0.5) is 0 Å². The van der Waals surface area contributed by atoms with Crippen LogP contribution in [0.3, 0.4) is 0 Å². The van der Waals surface area contributed by atoms with Crippen LogP contribution in [0.15, 0.2) is 30.3 Å². The Labute approximate surface area is 194 Å². The molecule has 1 amide bonds. The molecule has 174 valence electrons. The second-order valence-corrected chi connectivity index (χ2v) is 7.46. The molecule has 9 heteroatoms. The predicted molar refractivity (Wildman–Crippen MR) is 122 cm³/mol. The zero-order valence-electron chi connectivity index (χ0n) is 18.6. The molecule has 0 aliphatic carbocycles. The van der Waals surface area contributed by atoms with E-state index in [0.29, 0.717) is 60.6 Å². The summed E-state index contributed by atoms with van der Waals surface area (Å²) in [7, 11) is 4.82. The highest BCUT2D eigenvalue weighted by atomic mass is 35.5. The molecule has 0 N–H and O–H groups in total. The Morgan fingerprint density at radius 2 is 1.50 bits per heavy atom. The molecule has 2 aliphatic heterocycles. The zero-order valence-corrected chi connectivity index (χ0v) is 19.4. The van der Waals surface area contributed by atoms with Crippen molar-refractivity contribution in [1.82, 2.24) is 9.80 Å². The van der Waals surface area contributed by atoms with Crippen molar-refractivity contribution < 1.29 is 28.5 Å². The first-order valence-corrected chi connectivity index (χ1v) is 10.3. The number of hydrogen-bond donors (Lipinski definition) is 0. The molecule has 0 bridgehead atoms. The van der Waals surface area contributed by atoms with Gasteiger partial charge in [0.2, 0.25) is 5.75 Å². The second-order valence-electron chi connectivity index (χ2n) is 7.46. The molecule has 0 atom stereocenters. The van der Waals surface area contributed by atoms with E-state index in [4.69, 9.17) is 23.7 Å². The summed E-state index contributed by atoms with van der Waals surface area (Å²) in [5.74, 6) is 3.22. The third kappa shape index (κ3) is 4.97. The number of fused-ring (bicyclic) bond motifs is 1. The lowest BCUT2D eigenvalue weighted by molar-refractivity contribution is 0.0627. The summed E-state index contributed by atoms with van der Waals surface area (Å²) < 4.78 is 27.4. The van der Waals surface area contributed by atoms with Gasteiger partial charge in [-0.25, -0.2) is 0 Å². The number of methoxy groups -OCH3 is 3. The molecule has 0 radical (unpaired) electrons. The summed E-state index contributed by atoms with van der Waals surface area (Å²) in [5.41, 5.74) is 1.70. The molecule has 8 nitrogen and oxygen atoms in total. The minimum absolute atomic E-state index is 0. The average Bonchev–Trinajstić information content (AvgIpc) is 2.83. The van der Waals surface area contributed by atoms with Gasteiger partial charge in [-0.1, -0.05) is 0 Å². The lowest BCUT2D eigenvalue weighted by Crippen LogP contribution is -2.48. The van der Waals surface area contributed by atoms with Crippen molar-refractivity contribution >= 4 is 18.3 Å². The molecule has 1 fully saturated rings. The molecule has 4 rings (SSSR count). The molecule has 0 spiro atoms. The molecule has 2 aliphatic rings. The van der Waals surface area contributed by atoms with Crippen molar-refractivity contribution in [3.05, 3.63) is 41.5 Å². The summed E-state index contributed by atoms with van der Waals surface area (Å²) in [5, 5.41) is 0. The minimum Gasteiger partial charge on any atom is -0.493 e. The first-order valence-electron chi connectivity index (χ1n) is 10.3. The lowest BCUT2D eigenvalue weighted by Gasteiger charge is -2.35. The molecule has 2 aromatic carbocycles. The normalized spacial score (nSPS) is 15.5. The van der Waals surface area contributed by atoms with Crippen LogP contribution >= 0.6 is 12.4 Å². The van der Waals surface area contributed by atoms with Gasteiger partial charge < -0.3 is 28.6 Å². The third-order valence-corrected chi connectivity index (χ3v) is 5.58. The summed E-state index contributed by atoms with van der Waals surface area (Å²) in [4.78, 5) is 17.2. The fraction of sp³-hybridized carbons (Fsp3) is 0.435. The molecule has 0 aromatic heterocycles. The number of benzene rings is 2. The van der Waals surface area contributed by atoms with Gasteiger partial charge in [0.05, 0.1) is 21.3 Å². The van der Waals surface area contributed by atoms with Gasteiger partial charge in [0.15, 0.2) is 23.0 Å². The van der Waals surface area contributed by atoms with Crippen molar-refractivity contribution in [2.24, 2.45) is 0 Å². The molecule has 0 saturated carbocycles. The topological polar surface area (TPSA) is 69.7 Å². The number of ether oxygens (including phenoxy) is 5. The number of halogens is 1. The Morgan fingerprint density at radius 3 is 2.09 bits per heavy atom. The van der Waals surface area contributed by atoms with Crippen molar-refractivity contribution in [3.63, 3.8) is 0 Å². The van der Waals surface area contributed by atoms with E-state index in [1.54, 1.807) is 33.5 Å². The average molecular weight is 465 g/mol. The van der Waals surface area contributed by atoms with Gasteiger partial charge in [-0.05, 0) is 35.9 Å². The van der Waals surface area contributed by atoms with Gasteiger partial charge in [0.1, 0.15) is 13.2 Å². The largest absolute Gasteiger partial charge is 0.493 e. The Morgan fingerprint density at radius 1 is 0.875 bits per heavy atom. The summed E-state index contributed by atoms with van der Waals surface area (Å²) in [6.45, 7) is 4.68. The number of hydrogen-bond acceptors (Lipinski definition) is 7. The van der Waals surface area contributed by atoms with Crippen LogP contribution < -0.4 is 23.7 Å². The molecule has 1 saturated heterocycles. The second kappa shape index (κ2) is 10.7. The number of carbonyl (C=O) groups is 1. The smallest absolute Gasteiger partial charge is 0.254 e. The van der Waals surface area contributed by atoms with Gasteiger partial charge in [-0.3, -0.25) is 9.69 Å². The number of rotatable bonds is 6. The van der Waals surface area contributed by atoms with Gasteiger partial charge in [0, 0.05) is 38.3 Å². The SMILES string of the molecule is COc1cc(CN2CCN(C(=O)c3ccc4c(c3)OCCO4)CC2)cc(OC)c1OC.Cl. The van der Waals surface area contributed by atoms with Gasteiger partial charge >= 0.3 is 0 Å². The van der Waals surface area contributed by atoms with Crippen LogP contribution in [0, 0.1) is 0 Å². The lowest BCUT2D eigenvalue weighted by atomic mass is 10.1. The van der Waals surface area contributed by atoms with Crippen LogP contribution in [-0.4, -0.2) is 76.4 Å². The van der Waals surface area contributed by atoms with E-state index in [1.165, 1.54) is 0 Å². The Kier molecular flexibility index (Phi) is 7.93. The monoisotopic (exact) mass is 464 g/mol. The summed E-state index contributed by atoms with van der Waals surface area (Å²) >= 11 is 0. The molecule has 0 unspecified atom stereocenters. The van der Waals surface area contributed by atoms with E-state index in [1.807, 2.05) is 23.1 Å². The Bertz CT molecular complexity index is 921. The fourth-order valence-corrected chi connectivity index (χ4v) is 3.95. The van der Waals surface area contributed by atoms with E-state index in [9.17, 15) is 4.79 Å². The van der Waals surface area contributed by atoms with Crippen LogP contribution in [0.1, 0.15) is 15.9 Å². The first-order chi connectivity index (χ1) is 15.1. The first kappa shape index (κ1) is 23.8. The number of amides is 1. The molecule has 2 heterocycles. The van der Waals surface area contributed by atoms with Crippen molar-refractivity contribution in [1.29, 1.82) is 0 Å². The van der Waals surface area contributed by atoms with Gasteiger partial charge in [-0.15, -0.1) is 12.4 Å². The predicted octanol–water partition coefficient (Wildman–Crippen LogP) is 2.86. The van der Waals surface area contributed by atoms with E-state index in [-0.39, 0.29) is 18.3 Å². The zero-order chi connectivity index (χ0) is 21.8. The number of nitrogens with zero attached hydrogens (tertiary/aromatic N) is 2. The maximum Gasteiger partial charge on any atom is 0.254 e. The van der Waals surface area contributed by atoms with Crippen molar-refractivity contribution in [2.75, 3.05) is 60.7 Å². The Hall–Kier alpha value is -2.84. The third-order valence-electron chi connectivity index (χ3n) is 5.58. The molecular formula is C23H29ClN2O6. The van der Waals surface area contributed by atoms with Crippen molar-refractivity contribution in [3.8, 4) is 28.7 Å². The maximum absolute atomic E-state index is 13.0. The van der Waals surface area contributed by atoms with Crippen LogP contribution in [0.5, 0.6) is 28.7 Å². The van der Waals surface area contributed by atoms with Gasteiger partial charge in [-0.2, -0.15) is 0 Å². The number of piperazine rings is 1. The molecular weight excluding hydrogens is 436 g/mol. The summed E-state index contributed by atoms with van der Waals surface area (Å²) in [6.07, 6.45) is 0. The molecule has 32 heavy (non-hydrogen) atoms. The van der Waals surface area contributed by atoms with E-state index in [0.717, 1.165) is 25.2 Å². The molecule has 2 aromatic rings. The number of carbonyl (C=O) groups excluding carboxylic acids is 1. The highest BCUT2D eigenvalue weighted by Gasteiger charge is 2.24. The Balaban J connectivity index is 0.00000289. The van der Waals surface area contributed by atoms with Crippen LogP contribution in [0.25, 0.3) is 0 Å². The van der Waals surface area contributed by atoms with E-state index >= 15 is 0 Å². The quantitative estimate of drug-likeness (QED) is 0.651.